The van der Waals surface area contributed by atoms with E-state index in [9.17, 15) is 9.59 Å². The van der Waals surface area contributed by atoms with Crippen molar-refractivity contribution >= 4 is 17.5 Å². The molecule has 1 heterocycles. The van der Waals surface area contributed by atoms with Gasteiger partial charge < -0.3 is 15.4 Å². The summed E-state index contributed by atoms with van der Waals surface area (Å²) in [7, 11) is 0. The van der Waals surface area contributed by atoms with Crippen LogP contribution in [0.15, 0.2) is 48.5 Å². The Kier molecular flexibility index (Phi) is 5.99. The van der Waals surface area contributed by atoms with Crippen LogP contribution in [0.1, 0.15) is 34.5 Å². The normalized spacial score (nSPS) is 15.3. The third kappa shape index (κ3) is 4.28. The standard InChI is InChI=1S/C20H23N3O3/c1-2-26-12-11-21-19(24)14-7-9-16(10-8-14)23-20(25)18-17-6-4-3-5-15(17)13-22-18/h3-10,18,22H,2,11-13H2,1H3,(H,21,24)(H,23,25). The van der Waals surface area contributed by atoms with Crippen LogP contribution in [0.3, 0.4) is 0 Å². The van der Waals surface area contributed by atoms with Gasteiger partial charge in [-0.05, 0) is 42.3 Å². The molecule has 26 heavy (non-hydrogen) atoms. The zero-order valence-corrected chi connectivity index (χ0v) is 14.7. The van der Waals surface area contributed by atoms with Crippen LogP contribution < -0.4 is 16.0 Å². The molecule has 3 rings (SSSR count). The van der Waals surface area contributed by atoms with E-state index in [0.717, 1.165) is 11.1 Å². The molecule has 2 aromatic rings. The lowest BCUT2D eigenvalue weighted by molar-refractivity contribution is -0.118. The number of hydrogen-bond donors (Lipinski definition) is 3. The van der Waals surface area contributed by atoms with Gasteiger partial charge in [-0.15, -0.1) is 0 Å². The summed E-state index contributed by atoms with van der Waals surface area (Å²) in [6, 6.07) is 14.4. The van der Waals surface area contributed by atoms with Gasteiger partial charge in [0.15, 0.2) is 0 Å². The fourth-order valence-electron chi connectivity index (χ4n) is 2.94. The number of fused-ring (bicyclic) bond motifs is 1. The van der Waals surface area contributed by atoms with E-state index in [4.69, 9.17) is 4.74 Å². The average Bonchev–Trinajstić information content (AvgIpc) is 3.10. The summed E-state index contributed by atoms with van der Waals surface area (Å²) in [5.74, 6) is -0.266. The van der Waals surface area contributed by atoms with Gasteiger partial charge in [-0.25, -0.2) is 0 Å². The first-order valence-corrected chi connectivity index (χ1v) is 8.77. The average molecular weight is 353 g/mol. The number of carbonyl (C=O) groups excluding carboxylic acids is 2. The SMILES string of the molecule is CCOCCNC(=O)c1ccc(NC(=O)C2NCc3ccccc32)cc1. The monoisotopic (exact) mass is 353 g/mol. The highest BCUT2D eigenvalue weighted by atomic mass is 16.5. The highest BCUT2D eigenvalue weighted by Gasteiger charge is 2.27. The van der Waals surface area contributed by atoms with Gasteiger partial charge in [0.1, 0.15) is 6.04 Å². The van der Waals surface area contributed by atoms with Crippen LogP contribution in [0.2, 0.25) is 0 Å². The maximum Gasteiger partial charge on any atom is 0.251 e. The molecule has 0 bridgehead atoms. The van der Waals surface area contributed by atoms with E-state index in [2.05, 4.69) is 16.0 Å². The van der Waals surface area contributed by atoms with Gasteiger partial charge in [0, 0.05) is 30.9 Å². The molecule has 6 nitrogen and oxygen atoms in total. The highest BCUT2D eigenvalue weighted by Crippen LogP contribution is 2.26. The van der Waals surface area contributed by atoms with Gasteiger partial charge in [0.25, 0.3) is 5.91 Å². The molecule has 1 aliphatic rings. The molecular formula is C20H23N3O3. The second kappa shape index (κ2) is 8.60. The number of carbonyl (C=O) groups is 2. The summed E-state index contributed by atoms with van der Waals surface area (Å²) in [6.45, 7) is 4.19. The minimum absolute atomic E-state index is 0.108. The van der Waals surface area contributed by atoms with Crippen LogP contribution in [0.5, 0.6) is 0 Å². The van der Waals surface area contributed by atoms with Crippen molar-refractivity contribution < 1.29 is 14.3 Å². The predicted molar refractivity (Wildman–Crippen MR) is 99.9 cm³/mol. The lowest BCUT2D eigenvalue weighted by Crippen LogP contribution is -2.28. The fourth-order valence-corrected chi connectivity index (χ4v) is 2.94. The second-order valence-electron chi connectivity index (χ2n) is 6.03. The summed E-state index contributed by atoms with van der Waals surface area (Å²) >= 11 is 0. The van der Waals surface area contributed by atoms with Gasteiger partial charge in [0.2, 0.25) is 5.91 Å². The van der Waals surface area contributed by atoms with Crippen LogP contribution in [0.25, 0.3) is 0 Å². The van der Waals surface area contributed by atoms with Crippen LogP contribution >= 0.6 is 0 Å². The Balaban J connectivity index is 1.56. The third-order valence-electron chi connectivity index (χ3n) is 4.28. The molecule has 0 spiro atoms. The van der Waals surface area contributed by atoms with E-state index < -0.39 is 0 Å². The van der Waals surface area contributed by atoms with Crippen LogP contribution in [0, 0.1) is 0 Å². The highest BCUT2D eigenvalue weighted by molar-refractivity contribution is 5.98. The van der Waals surface area contributed by atoms with Crippen molar-refractivity contribution in [3.05, 3.63) is 65.2 Å². The zero-order chi connectivity index (χ0) is 18.4. The minimum Gasteiger partial charge on any atom is -0.380 e. The van der Waals surface area contributed by atoms with E-state index in [-0.39, 0.29) is 17.9 Å². The van der Waals surface area contributed by atoms with E-state index in [1.54, 1.807) is 24.3 Å². The minimum atomic E-state index is -0.354. The van der Waals surface area contributed by atoms with Crippen LogP contribution in [-0.2, 0) is 16.1 Å². The molecular weight excluding hydrogens is 330 g/mol. The largest absolute Gasteiger partial charge is 0.380 e. The lowest BCUT2D eigenvalue weighted by Gasteiger charge is -2.13. The summed E-state index contributed by atoms with van der Waals surface area (Å²) in [5, 5.41) is 8.90. The van der Waals surface area contributed by atoms with Gasteiger partial charge >= 0.3 is 0 Å². The molecule has 0 radical (unpaired) electrons. The molecule has 3 N–H and O–H groups in total. The first-order valence-electron chi connectivity index (χ1n) is 8.77. The Hall–Kier alpha value is -2.70. The number of hydrogen-bond acceptors (Lipinski definition) is 4. The Morgan fingerprint density at radius 3 is 2.69 bits per heavy atom. The molecule has 0 saturated carbocycles. The molecule has 0 saturated heterocycles. The van der Waals surface area contributed by atoms with Gasteiger partial charge in [-0.1, -0.05) is 24.3 Å². The second-order valence-corrected chi connectivity index (χ2v) is 6.03. The number of anilines is 1. The molecule has 6 heteroatoms. The first kappa shape index (κ1) is 18.1. The van der Waals surface area contributed by atoms with Crippen molar-refractivity contribution in [2.75, 3.05) is 25.1 Å². The molecule has 1 unspecified atom stereocenters. The Morgan fingerprint density at radius 1 is 1.15 bits per heavy atom. The predicted octanol–water partition coefficient (Wildman–Crippen LogP) is 2.24. The molecule has 0 aliphatic carbocycles. The van der Waals surface area contributed by atoms with E-state index >= 15 is 0 Å². The molecule has 1 atom stereocenters. The van der Waals surface area contributed by atoms with Crippen LogP contribution in [-0.4, -0.2) is 31.6 Å². The van der Waals surface area contributed by atoms with Crippen molar-refractivity contribution in [1.82, 2.24) is 10.6 Å². The van der Waals surface area contributed by atoms with Gasteiger partial charge in [-0.2, -0.15) is 0 Å². The summed E-state index contributed by atoms with van der Waals surface area (Å²) < 4.78 is 5.19. The number of rotatable bonds is 7. The zero-order valence-electron chi connectivity index (χ0n) is 14.7. The quantitative estimate of drug-likeness (QED) is 0.667. The maximum absolute atomic E-state index is 12.5. The molecule has 0 aromatic heterocycles. The van der Waals surface area contributed by atoms with Crippen molar-refractivity contribution in [3.63, 3.8) is 0 Å². The van der Waals surface area contributed by atoms with E-state index in [1.165, 1.54) is 0 Å². The van der Waals surface area contributed by atoms with Gasteiger partial charge in [-0.3, -0.25) is 14.9 Å². The summed E-state index contributed by atoms with van der Waals surface area (Å²) in [6.07, 6.45) is 0. The van der Waals surface area contributed by atoms with Crippen molar-refractivity contribution in [2.45, 2.75) is 19.5 Å². The third-order valence-corrected chi connectivity index (χ3v) is 4.28. The number of benzene rings is 2. The molecule has 2 amide bonds. The van der Waals surface area contributed by atoms with Crippen molar-refractivity contribution in [2.24, 2.45) is 0 Å². The summed E-state index contributed by atoms with van der Waals surface area (Å²) in [5.41, 5.74) is 3.36. The van der Waals surface area contributed by atoms with Gasteiger partial charge in [0.05, 0.1) is 6.61 Å². The van der Waals surface area contributed by atoms with E-state index in [0.29, 0.717) is 37.6 Å². The Bertz CT molecular complexity index is 774. The summed E-state index contributed by atoms with van der Waals surface area (Å²) in [4.78, 5) is 24.6. The number of amides is 2. The number of ether oxygens (including phenoxy) is 1. The molecule has 1 aliphatic heterocycles. The van der Waals surface area contributed by atoms with Crippen LogP contribution in [0.4, 0.5) is 5.69 Å². The fraction of sp³-hybridized carbons (Fsp3) is 0.300. The maximum atomic E-state index is 12.5. The smallest absolute Gasteiger partial charge is 0.251 e. The topological polar surface area (TPSA) is 79.5 Å². The molecule has 136 valence electrons. The molecule has 0 fully saturated rings. The van der Waals surface area contributed by atoms with E-state index in [1.807, 2.05) is 31.2 Å². The lowest BCUT2D eigenvalue weighted by atomic mass is 10.0. The van der Waals surface area contributed by atoms with Crippen molar-refractivity contribution in [3.8, 4) is 0 Å². The first-order chi connectivity index (χ1) is 12.7. The number of nitrogens with one attached hydrogen (secondary N) is 3. The molecule has 2 aromatic carbocycles. The Labute approximate surface area is 152 Å². The Morgan fingerprint density at radius 2 is 1.92 bits per heavy atom. The van der Waals surface area contributed by atoms with Crippen molar-refractivity contribution in [1.29, 1.82) is 0 Å².